The van der Waals surface area contributed by atoms with Crippen LogP contribution < -0.4 is 5.32 Å². The van der Waals surface area contributed by atoms with E-state index in [0.717, 1.165) is 5.03 Å². The van der Waals surface area contributed by atoms with Gasteiger partial charge in [-0.1, -0.05) is 6.92 Å². The number of likely N-dealkylation sites (N-methyl/N-ethyl adjacent to an activating group) is 1. The van der Waals surface area contributed by atoms with E-state index < -0.39 is 5.54 Å². The maximum absolute atomic E-state index is 12.0. The van der Waals surface area contributed by atoms with Gasteiger partial charge in [-0.15, -0.1) is 11.8 Å². The lowest BCUT2D eigenvalue weighted by Crippen LogP contribution is -2.50. The third-order valence-corrected chi connectivity index (χ3v) is 3.90. The molecule has 0 saturated carbocycles. The molecule has 1 heterocycles. The summed E-state index contributed by atoms with van der Waals surface area (Å²) in [6.07, 6.45) is 3.90. The average molecular weight is 283 g/mol. The molecule has 0 aliphatic rings. The summed E-state index contributed by atoms with van der Waals surface area (Å²) in [6.45, 7) is 6.14. The molecule has 0 radical (unpaired) electrons. The highest BCUT2D eigenvalue weighted by Gasteiger charge is 2.34. The zero-order valence-corrected chi connectivity index (χ0v) is 12.7. The lowest BCUT2D eigenvalue weighted by molar-refractivity contribution is -0.150. The van der Waals surface area contributed by atoms with Crippen LogP contribution in [0.1, 0.15) is 27.2 Å². The van der Waals surface area contributed by atoms with Crippen molar-refractivity contribution in [2.75, 3.05) is 13.7 Å². The second kappa shape index (κ2) is 7.45. The van der Waals surface area contributed by atoms with Gasteiger partial charge >= 0.3 is 5.97 Å². The number of aromatic nitrogens is 2. The van der Waals surface area contributed by atoms with Crippen LogP contribution >= 0.6 is 11.8 Å². The Bertz CT molecular complexity index is 402. The number of rotatable bonds is 7. The fraction of sp³-hybridized carbons (Fsp3) is 0.615. The van der Waals surface area contributed by atoms with Crippen LogP contribution in [0, 0.1) is 0 Å². The zero-order chi connectivity index (χ0) is 14.3. The fourth-order valence-corrected chi connectivity index (χ4v) is 2.83. The van der Waals surface area contributed by atoms with Crippen LogP contribution in [-0.4, -0.2) is 40.4 Å². The molecular weight excluding hydrogens is 262 g/mol. The average Bonchev–Trinajstić information content (AvgIpc) is 2.39. The van der Waals surface area contributed by atoms with E-state index in [1.54, 1.807) is 25.0 Å². The highest BCUT2D eigenvalue weighted by atomic mass is 32.2. The number of carbonyl (C=O) groups is 1. The Labute approximate surface area is 118 Å². The molecule has 19 heavy (non-hydrogen) atoms. The summed E-state index contributed by atoms with van der Waals surface area (Å²) < 4.78 is 5.11. The molecule has 0 bridgehead atoms. The highest BCUT2D eigenvalue weighted by Crippen LogP contribution is 2.27. The van der Waals surface area contributed by atoms with Crippen molar-refractivity contribution in [2.24, 2.45) is 0 Å². The molecule has 0 spiro atoms. The maximum Gasteiger partial charge on any atom is 0.326 e. The van der Waals surface area contributed by atoms with E-state index in [2.05, 4.69) is 22.2 Å². The van der Waals surface area contributed by atoms with Crippen molar-refractivity contribution >= 4 is 17.7 Å². The molecule has 6 heteroatoms. The van der Waals surface area contributed by atoms with Crippen LogP contribution in [0.15, 0.2) is 23.6 Å². The van der Waals surface area contributed by atoms with E-state index in [-0.39, 0.29) is 11.2 Å². The molecule has 1 aromatic rings. The second-order valence-electron chi connectivity index (χ2n) is 4.48. The van der Waals surface area contributed by atoms with Crippen LogP contribution in [0.2, 0.25) is 0 Å². The Morgan fingerprint density at radius 3 is 2.89 bits per heavy atom. The Balaban J connectivity index is 2.62. The first kappa shape index (κ1) is 15.9. The molecule has 2 unspecified atom stereocenters. The SMILES string of the molecule is CCOC(=O)C(C)(CC(C)Sc1ccncn1)NC. The molecule has 0 saturated heterocycles. The van der Waals surface area contributed by atoms with Gasteiger partial charge in [-0.2, -0.15) is 0 Å². The van der Waals surface area contributed by atoms with Gasteiger partial charge in [-0.3, -0.25) is 4.79 Å². The van der Waals surface area contributed by atoms with E-state index in [1.807, 2.05) is 19.9 Å². The van der Waals surface area contributed by atoms with Crippen LogP contribution in [-0.2, 0) is 9.53 Å². The van der Waals surface area contributed by atoms with Gasteiger partial charge in [0, 0.05) is 11.4 Å². The minimum Gasteiger partial charge on any atom is -0.465 e. The summed E-state index contributed by atoms with van der Waals surface area (Å²) in [6, 6.07) is 1.86. The minimum atomic E-state index is -0.671. The largest absolute Gasteiger partial charge is 0.465 e. The number of esters is 1. The highest BCUT2D eigenvalue weighted by molar-refractivity contribution is 7.99. The Kier molecular flexibility index (Phi) is 6.24. The van der Waals surface area contributed by atoms with Gasteiger partial charge in [0.05, 0.1) is 11.6 Å². The molecule has 0 aromatic carbocycles. The van der Waals surface area contributed by atoms with Crippen molar-refractivity contribution in [3.05, 3.63) is 18.6 Å². The van der Waals surface area contributed by atoms with E-state index >= 15 is 0 Å². The van der Waals surface area contributed by atoms with Crippen LogP contribution in [0.4, 0.5) is 0 Å². The summed E-state index contributed by atoms with van der Waals surface area (Å²) in [5.41, 5.74) is -0.671. The fourth-order valence-electron chi connectivity index (χ4n) is 1.75. The Hall–Kier alpha value is -1.14. The molecule has 0 aliphatic heterocycles. The van der Waals surface area contributed by atoms with Gasteiger partial charge in [0.15, 0.2) is 0 Å². The number of carbonyl (C=O) groups excluding carboxylic acids is 1. The van der Waals surface area contributed by atoms with E-state index in [0.29, 0.717) is 13.0 Å². The van der Waals surface area contributed by atoms with E-state index in [9.17, 15) is 4.79 Å². The topological polar surface area (TPSA) is 64.1 Å². The summed E-state index contributed by atoms with van der Waals surface area (Å²) in [4.78, 5) is 20.0. The number of nitrogens with one attached hydrogen (secondary N) is 1. The molecule has 5 nitrogen and oxygen atoms in total. The summed E-state index contributed by atoms with van der Waals surface area (Å²) >= 11 is 1.62. The number of thioether (sulfide) groups is 1. The zero-order valence-electron chi connectivity index (χ0n) is 11.8. The first-order valence-electron chi connectivity index (χ1n) is 6.30. The van der Waals surface area contributed by atoms with Gasteiger partial charge in [-0.25, -0.2) is 9.97 Å². The molecule has 1 rings (SSSR count). The molecule has 106 valence electrons. The van der Waals surface area contributed by atoms with Crippen molar-refractivity contribution in [1.29, 1.82) is 0 Å². The normalized spacial score (nSPS) is 15.6. The smallest absolute Gasteiger partial charge is 0.326 e. The first-order valence-corrected chi connectivity index (χ1v) is 7.18. The van der Waals surface area contributed by atoms with Crippen molar-refractivity contribution in [3.63, 3.8) is 0 Å². The van der Waals surface area contributed by atoms with Gasteiger partial charge in [0.1, 0.15) is 11.9 Å². The van der Waals surface area contributed by atoms with Crippen molar-refractivity contribution in [3.8, 4) is 0 Å². The maximum atomic E-state index is 12.0. The monoisotopic (exact) mass is 283 g/mol. The van der Waals surface area contributed by atoms with Crippen LogP contribution in [0.5, 0.6) is 0 Å². The first-order chi connectivity index (χ1) is 9.01. The Morgan fingerprint density at radius 2 is 2.37 bits per heavy atom. The quantitative estimate of drug-likeness (QED) is 0.468. The second-order valence-corrected chi connectivity index (χ2v) is 5.94. The van der Waals surface area contributed by atoms with Crippen molar-refractivity contribution in [2.45, 2.75) is 43.0 Å². The standard InChI is InChI=1S/C13H21N3O2S/c1-5-18-12(17)13(3,14-4)8-10(2)19-11-6-7-15-9-16-11/h6-7,9-10,14H,5,8H2,1-4H3. The molecule has 0 aliphatic carbocycles. The predicted molar refractivity (Wildman–Crippen MR) is 76.1 cm³/mol. The lowest BCUT2D eigenvalue weighted by Gasteiger charge is -2.29. The number of nitrogens with zero attached hydrogens (tertiary/aromatic N) is 2. The number of ether oxygens (including phenoxy) is 1. The molecule has 2 atom stereocenters. The Morgan fingerprint density at radius 1 is 1.63 bits per heavy atom. The number of hydrogen-bond acceptors (Lipinski definition) is 6. The van der Waals surface area contributed by atoms with Crippen LogP contribution in [0.25, 0.3) is 0 Å². The minimum absolute atomic E-state index is 0.215. The van der Waals surface area contributed by atoms with Crippen molar-refractivity contribution in [1.82, 2.24) is 15.3 Å². The third-order valence-electron chi connectivity index (χ3n) is 2.85. The van der Waals surface area contributed by atoms with Crippen LogP contribution in [0.3, 0.4) is 0 Å². The molecule has 1 N–H and O–H groups in total. The van der Waals surface area contributed by atoms with Gasteiger partial charge in [-0.05, 0) is 33.4 Å². The van der Waals surface area contributed by atoms with Gasteiger partial charge < -0.3 is 10.1 Å². The molecule has 1 aromatic heterocycles. The third kappa shape index (κ3) is 4.80. The van der Waals surface area contributed by atoms with Crippen molar-refractivity contribution < 1.29 is 9.53 Å². The van der Waals surface area contributed by atoms with Gasteiger partial charge in [0.25, 0.3) is 0 Å². The molecule has 0 fully saturated rings. The lowest BCUT2D eigenvalue weighted by atomic mass is 9.96. The summed E-state index contributed by atoms with van der Waals surface area (Å²) in [5.74, 6) is -0.215. The molecular formula is C13H21N3O2S. The van der Waals surface area contributed by atoms with Gasteiger partial charge in [0.2, 0.25) is 0 Å². The summed E-state index contributed by atoms with van der Waals surface area (Å²) in [5, 5.41) is 4.20. The number of hydrogen-bond donors (Lipinski definition) is 1. The van der Waals surface area contributed by atoms with E-state index in [4.69, 9.17) is 4.74 Å². The summed E-state index contributed by atoms with van der Waals surface area (Å²) in [7, 11) is 1.78. The molecule has 0 amide bonds. The van der Waals surface area contributed by atoms with E-state index in [1.165, 1.54) is 6.33 Å². The predicted octanol–water partition coefficient (Wildman–Crippen LogP) is 1.89.